The Morgan fingerprint density at radius 2 is 0.955 bits per heavy atom. The number of aliphatic hydroxyl groups excluding tert-OH is 1. The molecule has 0 fully saturated rings. The number of rotatable bonds is 17. The number of likely N-dealkylation sites (N-methyl/N-ethyl adjacent to an activating group) is 1. The maximum atomic E-state index is 8.81. The number of hydrogen-bond acceptors (Lipinski definition) is 2. The van der Waals surface area contributed by atoms with Crippen LogP contribution in [0.15, 0.2) is 0 Å². The first kappa shape index (κ1) is 24.5. The van der Waals surface area contributed by atoms with E-state index >= 15 is 0 Å². The van der Waals surface area contributed by atoms with Crippen molar-refractivity contribution in [2.45, 2.75) is 96.8 Å². The molecule has 0 spiro atoms. The van der Waals surface area contributed by atoms with Gasteiger partial charge in [-0.2, -0.15) is 0 Å². The van der Waals surface area contributed by atoms with Crippen molar-refractivity contribution in [2.75, 3.05) is 26.7 Å². The van der Waals surface area contributed by atoms with Crippen LogP contribution in [-0.4, -0.2) is 36.8 Å². The van der Waals surface area contributed by atoms with Gasteiger partial charge in [-0.05, 0) is 20.0 Å². The molecule has 0 rings (SSSR count). The molecule has 2 nitrogen and oxygen atoms in total. The number of hydrogen-bond donors (Lipinski definition) is 1. The van der Waals surface area contributed by atoms with Crippen molar-refractivity contribution in [3.05, 3.63) is 0 Å². The predicted octanol–water partition coefficient (Wildman–Crippen LogP) is 5.81. The second-order valence-corrected chi connectivity index (χ2v) is 6.62. The molecule has 0 atom stereocenters. The highest BCUT2D eigenvalue weighted by Gasteiger charge is 1.97. The first-order valence-corrected chi connectivity index (χ1v) is 9.60. The van der Waals surface area contributed by atoms with E-state index in [1.54, 1.807) is 0 Å². The van der Waals surface area contributed by atoms with E-state index in [4.69, 9.17) is 5.11 Å². The quantitative estimate of drug-likeness (QED) is 0.339. The van der Waals surface area contributed by atoms with Gasteiger partial charge in [-0.3, -0.25) is 0 Å². The molecule has 0 unspecified atom stereocenters. The maximum absolute atomic E-state index is 8.81. The molecule has 0 amide bonds. The summed E-state index contributed by atoms with van der Waals surface area (Å²) in [6, 6.07) is 0. The number of unbranched alkanes of at least 4 members (excludes halogenated alkanes) is 13. The van der Waals surface area contributed by atoms with E-state index in [-0.39, 0.29) is 19.0 Å². The first-order chi connectivity index (χ1) is 10.3. The summed E-state index contributed by atoms with van der Waals surface area (Å²) in [5.74, 6) is 0. The van der Waals surface area contributed by atoms with E-state index in [0.29, 0.717) is 0 Å². The van der Waals surface area contributed by atoms with Gasteiger partial charge in [0.2, 0.25) is 0 Å². The van der Waals surface area contributed by atoms with Gasteiger partial charge in [0.25, 0.3) is 0 Å². The highest BCUT2D eigenvalue weighted by Crippen LogP contribution is 2.12. The molecule has 0 aliphatic rings. The third-order valence-electron chi connectivity index (χ3n) is 4.38. The summed E-state index contributed by atoms with van der Waals surface area (Å²) in [6.45, 7) is 4.53. The van der Waals surface area contributed by atoms with Crippen LogP contribution >= 0.6 is 12.4 Å². The Balaban J connectivity index is 0. The Morgan fingerprint density at radius 3 is 1.32 bits per heavy atom. The number of nitrogens with zero attached hydrogens (tertiary/aromatic N) is 1. The summed E-state index contributed by atoms with van der Waals surface area (Å²) >= 11 is 0. The van der Waals surface area contributed by atoms with Crippen LogP contribution in [0.5, 0.6) is 0 Å². The molecule has 0 radical (unpaired) electrons. The SMILES string of the molecule is CCCCCCCCCCCCCCCCN(C)CCO.Cl. The van der Waals surface area contributed by atoms with E-state index in [1.165, 1.54) is 89.9 Å². The largest absolute Gasteiger partial charge is 0.395 e. The van der Waals surface area contributed by atoms with Crippen molar-refractivity contribution in [3.63, 3.8) is 0 Å². The lowest BCUT2D eigenvalue weighted by atomic mass is 10.0. The minimum Gasteiger partial charge on any atom is -0.395 e. The molecule has 0 aliphatic heterocycles. The van der Waals surface area contributed by atoms with Gasteiger partial charge in [0.05, 0.1) is 6.61 Å². The predicted molar refractivity (Wildman–Crippen MR) is 102 cm³/mol. The van der Waals surface area contributed by atoms with E-state index in [1.807, 2.05) is 0 Å². The lowest BCUT2D eigenvalue weighted by Crippen LogP contribution is -2.23. The molecule has 0 aromatic carbocycles. The molecule has 0 bridgehead atoms. The maximum Gasteiger partial charge on any atom is 0.0558 e. The van der Waals surface area contributed by atoms with Gasteiger partial charge < -0.3 is 10.0 Å². The first-order valence-electron chi connectivity index (χ1n) is 9.60. The summed E-state index contributed by atoms with van der Waals surface area (Å²) in [5, 5.41) is 8.81. The lowest BCUT2D eigenvalue weighted by molar-refractivity contribution is 0.219. The number of aliphatic hydroxyl groups is 1. The summed E-state index contributed by atoms with van der Waals surface area (Å²) in [6.07, 6.45) is 19.8. The fourth-order valence-electron chi connectivity index (χ4n) is 2.86. The lowest BCUT2D eigenvalue weighted by Gasteiger charge is -2.14. The van der Waals surface area contributed by atoms with E-state index in [9.17, 15) is 0 Å². The van der Waals surface area contributed by atoms with Gasteiger partial charge >= 0.3 is 0 Å². The van der Waals surface area contributed by atoms with E-state index in [0.717, 1.165) is 13.1 Å². The smallest absolute Gasteiger partial charge is 0.0558 e. The summed E-state index contributed by atoms with van der Waals surface area (Å²) in [7, 11) is 2.10. The van der Waals surface area contributed by atoms with Crippen LogP contribution in [-0.2, 0) is 0 Å². The van der Waals surface area contributed by atoms with Crippen LogP contribution in [0.1, 0.15) is 96.8 Å². The molecule has 0 aromatic heterocycles. The van der Waals surface area contributed by atoms with E-state index in [2.05, 4.69) is 18.9 Å². The molecule has 1 N–H and O–H groups in total. The van der Waals surface area contributed by atoms with E-state index < -0.39 is 0 Å². The van der Waals surface area contributed by atoms with Crippen molar-refractivity contribution in [3.8, 4) is 0 Å². The minimum absolute atomic E-state index is 0. The molecular formula is C19H42ClNO. The number of halogens is 1. The van der Waals surface area contributed by atoms with Gasteiger partial charge in [0.1, 0.15) is 0 Å². The van der Waals surface area contributed by atoms with Crippen molar-refractivity contribution in [2.24, 2.45) is 0 Å². The monoisotopic (exact) mass is 335 g/mol. The molecule has 0 saturated heterocycles. The van der Waals surface area contributed by atoms with Gasteiger partial charge in [0.15, 0.2) is 0 Å². The van der Waals surface area contributed by atoms with Crippen LogP contribution in [0.2, 0.25) is 0 Å². The Labute approximate surface area is 146 Å². The van der Waals surface area contributed by atoms with Crippen LogP contribution in [0.4, 0.5) is 0 Å². The standard InChI is InChI=1S/C19H41NO.ClH/c1-3-4-5-6-7-8-9-10-11-12-13-14-15-16-17-20(2)18-19-21;/h21H,3-19H2,1-2H3;1H. The summed E-state index contributed by atoms with van der Waals surface area (Å²) < 4.78 is 0. The third kappa shape index (κ3) is 20.2. The highest BCUT2D eigenvalue weighted by molar-refractivity contribution is 5.85. The Morgan fingerprint density at radius 1 is 0.591 bits per heavy atom. The third-order valence-corrected chi connectivity index (χ3v) is 4.38. The zero-order valence-electron chi connectivity index (χ0n) is 15.3. The molecule has 0 heterocycles. The van der Waals surface area contributed by atoms with Crippen molar-refractivity contribution in [1.29, 1.82) is 0 Å². The van der Waals surface area contributed by atoms with Gasteiger partial charge in [-0.1, -0.05) is 90.4 Å². The molecule has 3 heteroatoms. The average molecular weight is 336 g/mol. The second kappa shape index (κ2) is 21.2. The minimum atomic E-state index is 0. The average Bonchev–Trinajstić information content (AvgIpc) is 2.48. The molecule has 136 valence electrons. The zero-order chi connectivity index (χ0) is 15.6. The van der Waals surface area contributed by atoms with Crippen molar-refractivity contribution in [1.82, 2.24) is 4.90 Å². The highest BCUT2D eigenvalue weighted by atomic mass is 35.5. The van der Waals surface area contributed by atoms with Crippen LogP contribution in [0.25, 0.3) is 0 Å². The topological polar surface area (TPSA) is 23.5 Å². The molecule has 0 aliphatic carbocycles. The normalized spacial score (nSPS) is 10.9. The zero-order valence-corrected chi connectivity index (χ0v) is 16.1. The van der Waals surface area contributed by atoms with Crippen LogP contribution < -0.4 is 0 Å². The molecular weight excluding hydrogens is 294 g/mol. The Hall–Kier alpha value is 0.210. The Kier molecular flexibility index (Phi) is 23.6. The Bertz CT molecular complexity index is 190. The fraction of sp³-hybridized carbons (Fsp3) is 1.00. The fourth-order valence-corrected chi connectivity index (χ4v) is 2.86. The molecule has 22 heavy (non-hydrogen) atoms. The van der Waals surface area contributed by atoms with Gasteiger partial charge in [-0.25, -0.2) is 0 Å². The molecule has 0 aromatic rings. The van der Waals surface area contributed by atoms with Gasteiger partial charge in [0, 0.05) is 6.54 Å². The van der Waals surface area contributed by atoms with Crippen LogP contribution in [0, 0.1) is 0 Å². The molecule has 0 saturated carbocycles. The summed E-state index contributed by atoms with van der Waals surface area (Å²) in [5.41, 5.74) is 0. The summed E-state index contributed by atoms with van der Waals surface area (Å²) in [4.78, 5) is 2.22. The second-order valence-electron chi connectivity index (χ2n) is 6.62. The van der Waals surface area contributed by atoms with Crippen LogP contribution in [0.3, 0.4) is 0 Å². The van der Waals surface area contributed by atoms with Gasteiger partial charge in [-0.15, -0.1) is 12.4 Å². The van der Waals surface area contributed by atoms with Crippen molar-refractivity contribution < 1.29 is 5.11 Å². The van der Waals surface area contributed by atoms with Crippen molar-refractivity contribution >= 4 is 12.4 Å².